The lowest BCUT2D eigenvalue weighted by atomic mass is 10.1. The Labute approximate surface area is 137 Å². The third-order valence-electron chi connectivity index (χ3n) is 3.65. The van der Waals surface area contributed by atoms with Crippen molar-refractivity contribution >= 4 is 23.2 Å². The maximum atomic E-state index is 12.3. The molecule has 0 radical (unpaired) electrons. The van der Waals surface area contributed by atoms with Crippen LogP contribution in [0.2, 0.25) is 0 Å². The van der Waals surface area contributed by atoms with E-state index in [0.29, 0.717) is 11.3 Å². The molecule has 1 aliphatic rings. The van der Waals surface area contributed by atoms with Gasteiger partial charge in [0.1, 0.15) is 0 Å². The summed E-state index contributed by atoms with van der Waals surface area (Å²) in [4.78, 5) is 34.8. The molecule has 1 saturated carbocycles. The molecule has 7 nitrogen and oxygen atoms in total. The van der Waals surface area contributed by atoms with E-state index in [1.165, 1.54) is 24.3 Å². The van der Waals surface area contributed by atoms with E-state index in [9.17, 15) is 19.7 Å². The van der Waals surface area contributed by atoms with Gasteiger partial charge in [-0.25, -0.2) is 0 Å². The minimum atomic E-state index is -0.562. The van der Waals surface area contributed by atoms with Crippen molar-refractivity contribution in [1.29, 1.82) is 0 Å². The zero-order valence-corrected chi connectivity index (χ0v) is 12.7. The Kier molecular flexibility index (Phi) is 4.24. The van der Waals surface area contributed by atoms with Crippen LogP contribution in [0.25, 0.3) is 0 Å². The molecule has 2 aromatic carbocycles. The SMILES string of the molecule is O=C(Nc1ccccc1C(=O)NC1CC1)c1cccc([N+](=O)[O-])c1. The first-order valence-corrected chi connectivity index (χ1v) is 7.50. The van der Waals surface area contributed by atoms with Crippen molar-refractivity contribution in [1.82, 2.24) is 5.32 Å². The number of nitrogens with one attached hydrogen (secondary N) is 2. The number of hydrogen-bond donors (Lipinski definition) is 2. The van der Waals surface area contributed by atoms with Crippen molar-refractivity contribution in [3.05, 3.63) is 69.8 Å². The second-order valence-corrected chi connectivity index (χ2v) is 5.55. The molecule has 0 spiro atoms. The fraction of sp³-hybridized carbons (Fsp3) is 0.176. The van der Waals surface area contributed by atoms with Gasteiger partial charge in [-0.15, -0.1) is 0 Å². The summed E-state index contributed by atoms with van der Waals surface area (Å²) in [6.45, 7) is 0. The van der Waals surface area contributed by atoms with E-state index in [-0.39, 0.29) is 23.2 Å². The lowest BCUT2D eigenvalue weighted by molar-refractivity contribution is -0.384. The molecule has 0 atom stereocenters. The minimum absolute atomic E-state index is 0.154. The Hall–Kier alpha value is -3.22. The highest BCUT2D eigenvalue weighted by Gasteiger charge is 2.25. The van der Waals surface area contributed by atoms with E-state index < -0.39 is 10.8 Å². The molecule has 7 heteroatoms. The van der Waals surface area contributed by atoms with Gasteiger partial charge >= 0.3 is 0 Å². The van der Waals surface area contributed by atoms with Gasteiger partial charge in [0.05, 0.1) is 16.2 Å². The molecule has 2 aromatic rings. The van der Waals surface area contributed by atoms with Crippen LogP contribution in [0.15, 0.2) is 48.5 Å². The Morgan fingerprint density at radius 3 is 2.50 bits per heavy atom. The molecule has 24 heavy (non-hydrogen) atoms. The predicted octanol–water partition coefficient (Wildman–Crippen LogP) is 2.74. The maximum absolute atomic E-state index is 12.3. The van der Waals surface area contributed by atoms with E-state index in [1.54, 1.807) is 24.3 Å². The molecular formula is C17H15N3O4. The third-order valence-corrected chi connectivity index (χ3v) is 3.65. The first-order chi connectivity index (χ1) is 11.5. The van der Waals surface area contributed by atoms with Crippen molar-refractivity contribution in [3.63, 3.8) is 0 Å². The van der Waals surface area contributed by atoms with Gasteiger partial charge in [-0.2, -0.15) is 0 Å². The summed E-state index contributed by atoms with van der Waals surface area (Å²) in [5, 5.41) is 16.3. The van der Waals surface area contributed by atoms with Crippen LogP contribution in [-0.4, -0.2) is 22.8 Å². The van der Waals surface area contributed by atoms with Crippen molar-refractivity contribution in [2.75, 3.05) is 5.32 Å². The van der Waals surface area contributed by atoms with Crippen LogP contribution in [0.3, 0.4) is 0 Å². The zero-order chi connectivity index (χ0) is 17.1. The van der Waals surface area contributed by atoms with Crippen molar-refractivity contribution in [2.24, 2.45) is 0 Å². The number of non-ortho nitro benzene ring substituents is 1. The molecule has 0 heterocycles. The van der Waals surface area contributed by atoms with E-state index in [0.717, 1.165) is 12.8 Å². The van der Waals surface area contributed by atoms with Gasteiger partial charge < -0.3 is 10.6 Å². The summed E-state index contributed by atoms with van der Waals surface area (Å²) >= 11 is 0. The second kappa shape index (κ2) is 6.49. The number of para-hydroxylation sites is 1. The Morgan fingerprint density at radius 1 is 1.04 bits per heavy atom. The number of carbonyl (C=O) groups is 2. The molecule has 122 valence electrons. The summed E-state index contributed by atoms with van der Waals surface area (Å²) in [6.07, 6.45) is 1.93. The number of benzene rings is 2. The number of nitro groups is 1. The van der Waals surface area contributed by atoms with Crippen LogP contribution in [-0.2, 0) is 0 Å². The summed E-state index contributed by atoms with van der Waals surface area (Å²) in [5.41, 5.74) is 0.722. The molecule has 1 fully saturated rings. The molecule has 1 aliphatic carbocycles. The van der Waals surface area contributed by atoms with Gasteiger partial charge in [-0.05, 0) is 31.0 Å². The molecule has 0 aromatic heterocycles. The van der Waals surface area contributed by atoms with Gasteiger partial charge in [0.2, 0.25) is 0 Å². The van der Waals surface area contributed by atoms with Crippen molar-refractivity contribution < 1.29 is 14.5 Å². The topological polar surface area (TPSA) is 101 Å². The van der Waals surface area contributed by atoms with Crippen LogP contribution >= 0.6 is 0 Å². The monoisotopic (exact) mass is 325 g/mol. The average molecular weight is 325 g/mol. The second-order valence-electron chi connectivity index (χ2n) is 5.55. The first kappa shape index (κ1) is 15.7. The van der Waals surface area contributed by atoms with Crippen LogP contribution < -0.4 is 10.6 Å². The zero-order valence-electron chi connectivity index (χ0n) is 12.7. The van der Waals surface area contributed by atoms with E-state index in [2.05, 4.69) is 10.6 Å². The third kappa shape index (κ3) is 3.57. The summed E-state index contributed by atoms with van der Waals surface area (Å²) in [5.74, 6) is -0.752. The highest BCUT2D eigenvalue weighted by Crippen LogP contribution is 2.22. The average Bonchev–Trinajstić information content (AvgIpc) is 3.39. The van der Waals surface area contributed by atoms with Crippen LogP contribution in [0, 0.1) is 10.1 Å². The van der Waals surface area contributed by atoms with Crippen molar-refractivity contribution in [2.45, 2.75) is 18.9 Å². The van der Waals surface area contributed by atoms with Gasteiger partial charge in [0, 0.05) is 23.7 Å². The molecule has 0 unspecified atom stereocenters. The van der Waals surface area contributed by atoms with Gasteiger partial charge in [-0.3, -0.25) is 19.7 Å². The molecular weight excluding hydrogens is 310 g/mol. The van der Waals surface area contributed by atoms with E-state index >= 15 is 0 Å². The highest BCUT2D eigenvalue weighted by atomic mass is 16.6. The lowest BCUT2D eigenvalue weighted by Gasteiger charge is -2.11. The summed E-state index contributed by atoms with van der Waals surface area (Å²) in [7, 11) is 0. The minimum Gasteiger partial charge on any atom is -0.349 e. The summed E-state index contributed by atoms with van der Waals surface area (Å²) in [6, 6.07) is 12.3. The fourth-order valence-corrected chi connectivity index (χ4v) is 2.24. The van der Waals surface area contributed by atoms with Gasteiger partial charge in [-0.1, -0.05) is 18.2 Å². The number of nitro benzene ring substituents is 1. The Bertz CT molecular complexity index is 815. The fourth-order valence-electron chi connectivity index (χ4n) is 2.24. The molecule has 0 aliphatic heterocycles. The number of anilines is 1. The molecule has 0 saturated heterocycles. The maximum Gasteiger partial charge on any atom is 0.270 e. The number of amides is 2. The van der Waals surface area contributed by atoms with Crippen LogP contribution in [0.4, 0.5) is 11.4 Å². The normalized spacial score (nSPS) is 13.2. The van der Waals surface area contributed by atoms with Crippen LogP contribution in [0.5, 0.6) is 0 Å². The highest BCUT2D eigenvalue weighted by molar-refractivity contribution is 6.09. The summed E-state index contributed by atoms with van der Waals surface area (Å²) < 4.78 is 0. The molecule has 2 N–H and O–H groups in total. The van der Waals surface area contributed by atoms with Crippen LogP contribution in [0.1, 0.15) is 33.6 Å². The first-order valence-electron chi connectivity index (χ1n) is 7.50. The lowest BCUT2D eigenvalue weighted by Crippen LogP contribution is -2.27. The number of rotatable bonds is 5. The molecule has 3 rings (SSSR count). The Morgan fingerprint density at radius 2 is 1.79 bits per heavy atom. The Balaban J connectivity index is 1.80. The number of hydrogen-bond acceptors (Lipinski definition) is 4. The van der Waals surface area contributed by atoms with E-state index in [1.807, 2.05) is 0 Å². The number of carbonyl (C=O) groups excluding carboxylic acids is 2. The standard InChI is InChI=1S/C17H15N3O4/c21-16(11-4-3-5-13(10-11)20(23)24)19-15-7-2-1-6-14(15)17(22)18-12-8-9-12/h1-7,10,12H,8-9H2,(H,18,22)(H,19,21). The number of nitrogens with zero attached hydrogens (tertiary/aromatic N) is 1. The predicted molar refractivity (Wildman–Crippen MR) is 88.0 cm³/mol. The molecule has 2 amide bonds. The molecule has 0 bridgehead atoms. The largest absolute Gasteiger partial charge is 0.349 e. The smallest absolute Gasteiger partial charge is 0.270 e. The van der Waals surface area contributed by atoms with E-state index in [4.69, 9.17) is 0 Å². The van der Waals surface area contributed by atoms with Gasteiger partial charge in [0.15, 0.2) is 0 Å². The van der Waals surface area contributed by atoms with Gasteiger partial charge in [0.25, 0.3) is 17.5 Å². The quantitative estimate of drug-likeness (QED) is 0.652. The van der Waals surface area contributed by atoms with Crippen molar-refractivity contribution in [3.8, 4) is 0 Å².